The number of carbonyl (C=O) groups excluding carboxylic acids is 1. The summed E-state index contributed by atoms with van der Waals surface area (Å²) in [4.78, 5) is 13.7. The maximum absolute atomic E-state index is 13.7. The van der Waals surface area contributed by atoms with Crippen molar-refractivity contribution >= 4 is 22.5 Å². The minimum atomic E-state index is -0.0211. The first kappa shape index (κ1) is 25.2. The number of aryl methyl sites for hydroxylation is 1. The van der Waals surface area contributed by atoms with E-state index in [1.807, 2.05) is 6.07 Å². The first-order valence-electron chi connectivity index (χ1n) is 13.4. The van der Waals surface area contributed by atoms with Crippen LogP contribution >= 0.6 is 0 Å². The van der Waals surface area contributed by atoms with Crippen LogP contribution in [0.15, 0.2) is 43.0 Å². The third-order valence-electron chi connectivity index (χ3n) is 7.91. The highest BCUT2D eigenvalue weighted by atomic mass is 16.7. The molecule has 0 bridgehead atoms. The fourth-order valence-electron chi connectivity index (χ4n) is 5.73. The van der Waals surface area contributed by atoms with E-state index in [9.17, 15) is 4.79 Å². The smallest absolute Gasteiger partial charge is 0.231 e. The van der Waals surface area contributed by atoms with Crippen LogP contribution in [-0.2, 0) is 11.2 Å². The molecular weight excluding hydrogens is 464 g/mol. The van der Waals surface area contributed by atoms with Gasteiger partial charge < -0.3 is 18.9 Å². The number of benzene rings is 2. The topological polar surface area (TPSA) is 54.0 Å². The molecule has 0 fully saturated rings. The maximum Gasteiger partial charge on any atom is 0.231 e. The van der Waals surface area contributed by atoms with Crippen molar-refractivity contribution in [1.29, 1.82) is 0 Å². The van der Waals surface area contributed by atoms with Gasteiger partial charge in [0.1, 0.15) is 0 Å². The van der Waals surface area contributed by atoms with Crippen LogP contribution in [-0.4, -0.2) is 19.4 Å². The van der Waals surface area contributed by atoms with Crippen molar-refractivity contribution in [3.05, 3.63) is 64.6 Å². The van der Waals surface area contributed by atoms with E-state index in [4.69, 9.17) is 18.9 Å². The average Bonchev–Trinajstić information content (AvgIpc) is 3.58. The first-order chi connectivity index (χ1) is 17.9. The van der Waals surface area contributed by atoms with Crippen LogP contribution < -0.4 is 29.4 Å². The highest BCUT2D eigenvalue weighted by Crippen LogP contribution is 2.39. The predicted molar refractivity (Wildman–Crippen MR) is 146 cm³/mol. The van der Waals surface area contributed by atoms with Gasteiger partial charge in [-0.1, -0.05) is 39.5 Å². The van der Waals surface area contributed by atoms with E-state index in [-0.39, 0.29) is 25.3 Å². The lowest BCUT2D eigenvalue weighted by Crippen LogP contribution is -2.32. The quantitative estimate of drug-likeness (QED) is 0.465. The standard InChI is InChI=1S/C32H36O5/c1-6-10-22(7-2)31(33)21(5)24-12-9-8-11-23-15-28-29(36-17-35-28)16-26(23)20(4)19(3)25-13-14-27-32(30(24)25)37-18-34-27/h13-16,22H,4-12,17-18H2,1-3H3/b25-19-,30-24-. The van der Waals surface area contributed by atoms with E-state index < -0.39 is 0 Å². The largest absolute Gasteiger partial charge is 0.454 e. The molecule has 0 spiro atoms. The Bertz CT molecular complexity index is 1400. The first-order valence-corrected chi connectivity index (χ1v) is 13.4. The Hall–Kier alpha value is -3.47. The lowest BCUT2D eigenvalue weighted by molar-refractivity contribution is -0.119. The molecule has 5 rings (SSSR count). The van der Waals surface area contributed by atoms with Gasteiger partial charge in [0.05, 0.1) is 0 Å². The Morgan fingerprint density at radius 2 is 1.68 bits per heavy atom. The Labute approximate surface area is 219 Å². The van der Waals surface area contributed by atoms with E-state index in [2.05, 4.69) is 52.1 Å². The zero-order valence-electron chi connectivity index (χ0n) is 22.2. The van der Waals surface area contributed by atoms with Crippen LogP contribution in [0.5, 0.6) is 23.0 Å². The van der Waals surface area contributed by atoms with E-state index in [1.54, 1.807) is 0 Å². The molecule has 2 aromatic rings. The van der Waals surface area contributed by atoms with Gasteiger partial charge in [-0.25, -0.2) is 0 Å². The summed E-state index contributed by atoms with van der Waals surface area (Å²) in [6, 6.07) is 8.16. The molecule has 3 aliphatic rings. The van der Waals surface area contributed by atoms with Crippen molar-refractivity contribution in [2.24, 2.45) is 5.92 Å². The van der Waals surface area contributed by atoms with Crippen molar-refractivity contribution in [2.75, 3.05) is 13.6 Å². The minimum absolute atomic E-state index is 0.0211. The SMILES string of the molecule is C=C(C(=O)C(CC)CCC)/C1=c2\c3c(cc\c2=C(/C)C(=C)c2cc4c(cc2CCCC1)OCO4)OCO3. The summed E-state index contributed by atoms with van der Waals surface area (Å²) in [6.45, 7) is 15.6. The Balaban J connectivity index is 1.76. The third kappa shape index (κ3) is 4.56. The second kappa shape index (κ2) is 10.5. The molecule has 1 atom stereocenters. The number of hydrogen-bond donors (Lipinski definition) is 0. The molecule has 5 heteroatoms. The molecule has 194 valence electrons. The fraction of sp³-hybridized carbons (Fsp3) is 0.406. The molecule has 0 amide bonds. The van der Waals surface area contributed by atoms with E-state index in [0.29, 0.717) is 17.1 Å². The number of Topliss-reactive ketones (excluding diaryl/α,β-unsaturated/α-hetero) is 1. The summed E-state index contributed by atoms with van der Waals surface area (Å²) >= 11 is 0. The van der Waals surface area contributed by atoms with Gasteiger partial charge in [0.2, 0.25) is 13.6 Å². The number of ether oxygens (including phenoxy) is 4. The number of ketones is 1. The monoisotopic (exact) mass is 500 g/mol. The van der Waals surface area contributed by atoms with Gasteiger partial charge in [0.25, 0.3) is 0 Å². The number of allylic oxidation sites excluding steroid dienone is 2. The van der Waals surface area contributed by atoms with Crippen LogP contribution in [0, 0.1) is 5.92 Å². The highest BCUT2D eigenvalue weighted by molar-refractivity contribution is 6.08. The summed E-state index contributed by atoms with van der Waals surface area (Å²) in [5.74, 6) is 3.06. The highest BCUT2D eigenvalue weighted by Gasteiger charge is 2.26. The van der Waals surface area contributed by atoms with Gasteiger partial charge >= 0.3 is 0 Å². The lowest BCUT2D eigenvalue weighted by Gasteiger charge is -2.18. The molecule has 0 aromatic heterocycles. The maximum atomic E-state index is 13.7. The molecule has 0 saturated heterocycles. The second-order valence-corrected chi connectivity index (χ2v) is 10.1. The predicted octanol–water partition coefficient (Wildman–Crippen LogP) is 5.86. The molecule has 2 aromatic carbocycles. The van der Waals surface area contributed by atoms with Gasteiger partial charge in [-0.15, -0.1) is 0 Å². The van der Waals surface area contributed by atoms with Crippen LogP contribution in [0.1, 0.15) is 70.4 Å². The van der Waals surface area contributed by atoms with Crippen molar-refractivity contribution in [1.82, 2.24) is 0 Å². The molecule has 0 N–H and O–H groups in total. The number of hydrogen-bond acceptors (Lipinski definition) is 5. The molecule has 0 saturated carbocycles. The van der Waals surface area contributed by atoms with Gasteiger partial charge in [0.15, 0.2) is 28.8 Å². The fourth-order valence-corrected chi connectivity index (χ4v) is 5.73. The molecular formula is C32H36O5. The summed E-state index contributed by atoms with van der Waals surface area (Å²) in [7, 11) is 0. The lowest BCUT2D eigenvalue weighted by atomic mass is 9.85. The number of rotatable bonds is 6. The van der Waals surface area contributed by atoms with Crippen molar-refractivity contribution in [2.45, 2.75) is 65.7 Å². The Morgan fingerprint density at radius 1 is 0.973 bits per heavy atom. The number of fused-ring (bicyclic) bond motifs is 5. The van der Waals surface area contributed by atoms with Crippen LogP contribution in [0.4, 0.5) is 0 Å². The van der Waals surface area contributed by atoms with Crippen LogP contribution in [0.2, 0.25) is 0 Å². The zero-order valence-corrected chi connectivity index (χ0v) is 22.2. The van der Waals surface area contributed by atoms with Gasteiger partial charge in [-0.2, -0.15) is 0 Å². The van der Waals surface area contributed by atoms with Gasteiger partial charge in [-0.3, -0.25) is 4.79 Å². The summed E-state index contributed by atoms with van der Waals surface area (Å²) in [6.07, 6.45) is 6.14. The minimum Gasteiger partial charge on any atom is -0.454 e. The number of carbonyl (C=O) groups is 1. The molecule has 2 heterocycles. The van der Waals surface area contributed by atoms with Crippen molar-refractivity contribution in [3.8, 4) is 23.0 Å². The van der Waals surface area contributed by atoms with E-state index in [0.717, 1.165) is 89.2 Å². The Kier molecular flexibility index (Phi) is 7.14. The van der Waals surface area contributed by atoms with Crippen molar-refractivity contribution in [3.63, 3.8) is 0 Å². The van der Waals surface area contributed by atoms with Crippen LogP contribution in [0.3, 0.4) is 0 Å². The molecule has 1 unspecified atom stereocenters. The second-order valence-electron chi connectivity index (χ2n) is 10.1. The van der Waals surface area contributed by atoms with Gasteiger partial charge in [0, 0.05) is 16.7 Å². The zero-order chi connectivity index (χ0) is 26.1. The van der Waals surface area contributed by atoms with Gasteiger partial charge in [-0.05, 0) is 96.7 Å². The summed E-state index contributed by atoms with van der Waals surface area (Å²) < 4.78 is 23.2. The molecule has 37 heavy (non-hydrogen) atoms. The summed E-state index contributed by atoms with van der Waals surface area (Å²) in [5, 5.41) is 1.91. The van der Waals surface area contributed by atoms with E-state index >= 15 is 0 Å². The van der Waals surface area contributed by atoms with Crippen LogP contribution in [0.25, 0.3) is 16.7 Å². The molecule has 2 aliphatic heterocycles. The Morgan fingerprint density at radius 3 is 2.43 bits per heavy atom. The normalized spacial score (nSPS) is 20.0. The van der Waals surface area contributed by atoms with E-state index in [1.165, 1.54) is 5.56 Å². The summed E-state index contributed by atoms with van der Waals surface area (Å²) in [5.41, 5.74) is 5.77. The third-order valence-corrected chi connectivity index (χ3v) is 7.91. The van der Waals surface area contributed by atoms with Crippen molar-refractivity contribution < 1.29 is 23.7 Å². The molecule has 5 nitrogen and oxygen atoms in total. The molecule has 0 radical (unpaired) electrons. The average molecular weight is 501 g/mol. The molecule has 1 aliphatic carbocycles.